The zero-order valence-corrected chi connectivity index (χ0v) is 18.9. The molecule has 0 aliphatic carbocycles. The van der Waals surface area contributed by atoms with Gasteiger partial charge in [-0.05, 0) is 37.3 Å². The van der Waals surface area contributed by atoms with Crippen LogP contribution in [0.4, 0.5) is 11.4 Å². The van der Waals surface area contributed by atoms with Gasteiger partial charge in [0.1, 0.15) is 12.4 Å². The van der Waals surface area contributed by atoms with Gasteiger partial charge in [0.2, 0.25) is 5.91 Å². The highest BCUT2D eigenvalue weighted by Crippen LogP contribution is 2.30. The Balaban J connectivity index is 1.58. The van der Waals surface area contributed by atoms with Crippen LogP contribution in [-0.2, 0) is 17.9 Å². The summed E-state index contributed by atoms with van der Waals surface area (Å²) in [5, 5.41) is 23.2. The van der Waals surface area contributed by atoms with Gasteiger partial charge in [-0.25, -0.2) is 0 Å². The minimum absolute atomic E-state index is 0.0662. The van der Waals surface area contributed by atoms with Crippen LogP contribution in [0.25, 0.3) is 0 Å². The Kier molecular flexibility index (Phi) is 7.90. The SMILES string of the molecule is CCn1c(COc2ccc(Cl)cc2)nnc1SCC(=O)Nc1ccc([N+](=O)[O-])c(OC)c1. The summed E-state index contributed by atoms with van der Waals surface area (Å²) in [6.45, 7) is 2.77. The van der Waals surface area contributed by atoms with Crippen molar-refractivity contribution < 1.29 is 19.2 Å². The third kappa shape index (κ3) is 5.89. The molecule has 3 rings (SSSR count). The van der Waals surface area contributed by atoms with E-state index in [1.165, 1.54) is 37.1 Å². The molecule has 2 aromatic carbocycles. The fourth-order valence-electron chi connectivity index (χ4n) is 2.76. The number of hydrogen-bond donors (Lipinski definition) is 1. The van der Waals surface area contributed by atoms with E-state index in [1.807, 2.05) is 11.5 Å². The molecule has 3 aromatic rings. The fourth-order valence-corrected chi connectivity index (χ4v) is 3.71. The molecule has 1 aromatic heterocycles. The average molecular weight is 478 g/mol. The number of anilines is 1. The first-order valence-corrected chi connectivity index (χ1v) is 10.8. The zero-order valence-electron chi connectivity index (χ0n) is 17.3. The van der Waals surface area contributed by atoms with Gasteiger partial charge >= 0.3 is 5.69 Å². The predicted molar refractivity (Wildman–Crippen MR) is 120 cm³/mol. The van der Waals surface area contributed by atoms with Crippen molar-refractivity contribution in [3.63, 3.8) is 0 Å². The number of ether oxygens (including phenoxy) is 2. The monoisotopic (exact) mass is 477 g/mol. The van der Waals surface area contributed by atoms with Crippen LogP contribution in [0.3, 0.4) is 0 Å². The molecule has 0 radical (unpaired) electrons. The lowest BCUT2D eigenvalue weighted by Gasteiger charge is -2.09. The molecule has 0 atom stereocenters. The predicted octanol–water partition coefficient (Wildman–Crippen LogP) is 4.18. The first kappa shape index (κ1) is 23.4. The smallest absolute Gasteiger partial charge is 0.311 e. The molecule has 0 unspecified atom stereocenters. The number of benzene rings is 2. The summed E-state index contributed by atoms with van der Waals surface area (Å²) in [7, 11) is 1.33. The quantitative estimate of drug-likeness (QED) is 0.262. The van der Waals surface area contributed by atoms with Crippen LogP contribution in [0, 0.1) is 10.1 Å². The normalized spacial score (nSPS) is 10.6. The van der Waals surface area contributed by atoms with Gasteiger partial charge in [0.05, 0.1) is 17.8 Å². The number of halogens is 1. The average Bonchev–Trinajstić information content (AvgIpc) is 3.18. The topological polar surface area (TPSA) is 121 Å². The lowest BCUT2D eigenvalue weighted by atomic mass is 10.2. The summed E-state index contributed by atoms with van der Waals surface area (Å²) < 4.78 is 12.6. The van der Waals surface area contributed by atoms with Crippen LogP contribution in [0.2, 0.25) is 5.02 Å². The van der Waals surface area contributed by atoms with Gasteiger partial charge < -0.3 is 19.4 Å². The number of amides is 1. The summed E-state index contributed by atoms with van der Waals surface area (Å²) in [6.07, 6.45) is 0. The first-order chi connectivity index (χ1) is 15.4. The number of aromatic nitrogens is 3. The molecule has 10 nitrogen and oxygen atoms in total. The number of carbonyl (C=O) groups excluding carboxylic acids is 1. The van der Waals surface area contributed by atoms with Crippen molar-refractivity contribution in [1.29, 1.82) is 0 Å². The molecule has 0 aliphatic rings. The third-order valence-electron chi connectivity index (χ3n) is 4.28. The zero-order chi connectivity index (χ0) is 23.1. The highest BCUT2D eigenvalue weighted by atomic mass is 35.5. The molecule has 168 valence electrons. The van der Waals surface area contributed by atoms with Gasteiger partial charge in [-0.15, -0.1) is 10.2 Å². The fraction of sp³-hybridized carbons (Fsp3) is 0.250. The minimum atomic E-state index is -0.550. The van der Waals surface area contributed by atoms with E-state index in [9.17, 15) is 14.9 Å². The number of nitrogens with one attached hydrogen (secondary N) is 1. The number of nitro groups is 1. The summed E-state index contributed by atoms with van der Waals surface area (Å²) in [4.78, 5) is 22.8. The largest absolute Gasteiger partial charge is 0.490 e. The van der Waals surface area contributed by atoms with Crippen molar-refractivity contribution in [2.75, 3.05) is 18.2 Å². The summed E-state index contributed by atoms with van der Waals surface area (Å²) in [6, 6.07) is 11.1. The van der Waals surface area contributed by atoms with Crippen LogP contribution in [-0.4, -0.2) is 38.5 Å². The second-order valence-electron chi connectivity index (χ2n) is 6.37. The van der Waals surface area contributed by atoms with Gasteiger partial charge in [-0.2, -0.15) is 0 Å². The Morgan fingerprint density at radius 1 is 1.25 bits per heavy atom. The van der Waals surface area contributed by atoms with Crippen molar-refractivity contribution in [2.45, 2.75) is 25.2 Å². The van der Waals surface area contributed by atoms with Crippen LogP contribution >= 0.6 is 23.4 Å². The summed E-state index contributed by atoms with van der Waals surface area (Å²) >= 11 is 7.10. The Labute approximate surface area is 193 Å². The van der Waals surface area contributed by atoms with E-state index in [0.29, 0.717) is 34.0 Å². The van der Waals surface area contributed by atoms with Gasteiger partial charge in [-0.3, -0.25) is 14.9 Å². The Morgan fingerprint density at radius 3 is 2.66 bits per heavy atom. The van der Waals surface area contributed by atoms with Gasteiger partial charge in [-0.1, -0.05) is 23.4 Å². The molecule has 32 heavy (non-hydrogen) atoms. The maximum atomic E-state index is 12.3. The van der Waals surface area contributed by atoms with Crippen molar-refractivity contribution in [1.82, 2.24) is 14.8 Å². The van der Waals surface area contributed by atoms with Crippen LogP contribution in [0.15, 0.2) is 47.6 Å². The van der Waals surface area contributed by atoms with Gasteiger partial charge in [0.15, 0.2) is 16.7 Å². The molecular weight excluding hydrogens is 458 g/mol. The highest BCUT2D eigenvalue weighted by Gasteiger charge is 2.17. The molecule has 1 amide bonds. The number of nitro benzene ring substituents is 1. The Morgan fingerprint density at radius 2 is 2.00 bits per heavy atom. The molecule has 0 bridgehead atoms. The third-order valence-corrected chi connectivity index (χ3v) is 5.50. The molecule has 0 aliphatic heterocycles. The molecule has 0 spiro atoms. The minimum Gasteiger partial charge on any atom is -0.490 e. The molecule has 12 heteroatoms. The Hall–Kier alpha value is -3.31. The number of carbonyl (C=O) groups is 1. The van der Waals surface area contributed by atoms with Crippen LogP contribution in [0.1, 0.15) is 12.7 Å². The number of rotatable bonds is 10. The van der Waals surface area contributed by atoms with Crippen LogP contribution in [0.5, 0.6) is 11.5 Å². The van der Waals surface area contributed by atoms with Crippen molar-refractivity contribution in [3.05, 3.63) is 63.4 Å². The second-order valence-corrected chi connectivity index (χ2v) is 7.75. The van der Waals surface area contributed by atoms with Crippen molar-refractivity contribution in [3.8, 4) is 11.5 Å². The van der Waals surface area contributed by atoms with E-state index in [-0.39, 0.29) is 29.7 Å². The molecule has 0 saturated heterocycles. The van der Waals surface area contributed by atoms with E-state index < -0.39 is 4.92 Å². The molecule has 1 heterocycles. The molecule has 1 N–H and O–H groups in total. The summed E-state index contributed by atoms with van der Waals surface area (Å²) in [5.41, 5.74) is 0.219. The van der Waals surface area contributed by atoms with Crippen molar-refractivity contribution >= 4 is 40.6 Å². The maximum absolute atomic E-state index is 12.3. The molecule has 0 saturated carbocycles. The van der Waals surface area contributed by atoms with E-state index >= 15 is 0 Å². The standard InChI is InChI=1S/C20H20ClN5O5S/c1-3-25-18(11-31-15-7-4-13(21)5-8-15)23-24-20(25)32-12-19(27)22-14-6-9-16(26(28)29)17(10-14)30-2/h4-10H,3,11-12H2,1-2H3,(H,22,27). The van der Waals surface area contributed by atoms with Gasteiger partial charge in [0.25, 0.3) is 0 Å². The lowest BCUT2D eigenvalue weighted by molar-refractivity contribution is -0.385. The number of thioether (sulfide) groups is 1. The van der Waals surface area contributed by atoms with E-state index in [4.69, 9.17) is 21.1 Å². The highest BCUT2D eigenvalue weighted by molar-refractivity contribution is 7.99. The van der Waals surface area contributed by atoms with E-state index in [2.05, 4.69) is 15.5 Å². The van der Waals surface area contributed by atoms with Crippen molar-refractivity contribution in [2.24, 2.45) is 0 Å². The number of nitrogens with zero attached hydrogens (tertiary/aromatic N) is 4. The Bertz CT molecular complexity index is 1110. The van der Waals surface area contributed by atoms with Gasteiger partial charge in [0, 0.05) is 29.4 Å². The maximum Gasteiger partial charge on any atom is 0.311 e. The lowest BCUT2D eigenvalue weighted by Crippen LogP contribution is -2.15. The number of hydrogen-bond acceptors (Lipinski definition) is 8. The van der Waals surface area contributed by atoms with E-state index in [0.717, 1.165) is 0 Å². The second kappa shape index (κ2) is 10.8. The first-order valence-electron chi connectivity index (χ1n) is 9.46. The van der Waals surface area contributed by atoms with Crippen LogP contribution < -0.4 is 14.8 Å². The number of methoxy groups -OCH3 is 1. The molecule has 0 fully saturated rings. The van der Waals surface area contributed by atoms with E-state index in [1.54, 1.807) is 24.3 Å². The summed E-state index contributed by atoms with van der Waals surface area (Å²) in [5.74, 6) is 1.14. The molecular formula is C20H20ClN5O5S.